The molecule has 0 fully saturated rings. The fourth-order valence-corrected chi connectivity index (χ4v) is 5.12. The van der Waals surface area contributed by atoms with Crippen LogP contribution in [0.25, 0.3) is 0 Å². The standard InChI is InChI=1S/C19H15F3N4S3/c20-19(21,22)13-2-1-3-14(10-13)26-18(24)29-17(23)16-15(6-9-27-16)28-11-12-4-7-25-8-5-12/h1-10,23H,11H2,(H2,24,26). The lowest BCUT2D eigenvalue weighted by Crippen LogP contribution is -2.10. The van der Waals surface area contributed by atoms with Gasteiger partial charge in [-0.05, 0) is 59.1 Å². The van der Waals surface area contributed by atoms with Crippen molar-refractivity contribution >= 4 is 50.8 Å². The van der Waals surface area contributed by atoms with Crippen LogP contribution in [0.2, 0.25) is 0 Å². The second-order valence-electron chi connectivity index (χ2n) is 5.69. The molecule has 150 valence electrons. The minimum absolute atomic E-state index is 0.00723. The molecule has 0 unspecified atom stereocenters. The predicted molar refractivity (Wildman–Crippen MR) is 115 cm³/mol. The van der Waals surface area contributed by atoms with Gasteiger partial charge in [0, 0.05) is 23.0 Å². The molecule has 0 atom stereocenters. The average Bonchev–Trinajstić information content (AvgIpc) is 3.15. The largest absolute Gasteiger partial charge is 0.416 e. The van der Waals surface area contributed by atoms with E-state index in [0.717, 1.165) is 45.0 Å². The molecule has 10 heteroatoms. The predicted octanol–water partition coefficient (Wildman–Crippen LogP) is 6.16. The third kappa shape index (κ3) is 6.09. The summed E-state index contributed by atoms with van der Waals surface area (Å²) in [6.45, 7) is 0. The molecule has 0 amide bonds. The molecule has 0 spiro atoms. The van der Waals surface area contributed by atoms with Gasteiger partial charge in [-0.25, -0.2) is 4.99 Å². The van der Waals surface area contributed by atoms with Gasteiger partial charge in [0.1, 0.15) is 5.04 Å². The van der Waals surface area contributed by atoms with E-state index in [1.165, 1.54) is 23.5 Å². The van der Waals surface area contributed by atoms with Gasteiger partial charge in [-0.1, -0.05) is 6.07 Å². The Labute approximate surface area is 178 Å². The summed E-state index contributed by atoms with van der Waals surface area (Å²) in [6, 6.07) is 10.4. The first-order chi connectivity index (χ1) is 13.8. The number of thioether (sulfide) groups is 2. The van der Waals surface area contributed by atoms with E-state index in [2.05, 4.69) is 9.98 Å². The molecule has 3 rings (SSSR count). The van der Waals surface area contributed by atoms with Crippen LogP contribution >= 0.6 is 34.9 Å². The summed E-state index contributed by atoms with van der Waals surface area (Å²) in [5.74, 6) is 0.734. The van der Waals surface area contributed by atoms with Crippen molar-refractivity contribution in [2.75, 3.05) is 0 Å². The summed E-state index contributed by atoms with van der Waals surface area (Å²) in [5.41, 5.74) is 6.29. The van der Waals surface area contributed by atoms with Crippen molar-refractivity contribution in [2.24, 2.45) is 10.7 Å². The first-order valence-electron chi connectivity index (χ1n) is 8.20. The maximum Gasteiger partial charge on any atom is 0.416 e. The van der Waals surface area contributed by atoms with Crippen molar-refractivity contribution < 1.29 is 13.2 Å². The molecule has 4 nitrogen and oxygen atoms in total. The summed E-state index contributed by atoms with van der Waals surface area (Å²) in [7, 11) is 0. The van der Waals surface area contributed by atoms with Crippen LogP contribution in [-0.2, 0) is 11.9 Å². The second-order valence-corrected chi connectivity index (χ2v) is 8.65. The van der Waals surface area contributed by atoms with E-state index < -0.39 is 11.7 Å². The molecule has 0 aliphatic heterocycles. The highest BCUT2D eigenvalue weighted by atomic mass is 32.2. The Morgan fingerprint density at radius 1 is 1.17 bits per heavy atom. The van der Waals surface area contributed by atoms with Crippen molar-refractivity contribution in [2.45, 2.75) is 16.8 Å². The van der Waals surface area contributed by atoms with E-state index >= 15 is 0 Å². The van der Waals surface area contributed by atoms with E-state index in [-0.39, 0.29) is 15.9 Å². The molecule has 2 aromatic heterocycles. The molecule has 0 bridgehead atoms. The van der Waals surface area contributed by atoms with Gasteiger partial charge in [0.2, 0.25) is 0 Å². The average molecular weight is 453 g/mol. The van der Waals surface area contributed by atoms with Crippen LogP contribution in [0.15, 0.2) is 70.1 Å². The fourth-order valence-electron chi connectivity index (χ4n) is 2.27. The number of rotatable bonds is 5. The minimum atomic E-state index is -4.45. The van der Waals surface area contributed by atoms with Crippen LogP contribution < -0.4 is 5.73 Å². The molecule has 1 aromatic carbocycles. The van der Waals surface area contributed by atoms with E-state index in [1.807, 2.05) is 23.6 Å². The zero-order valence-corrected chi connectivity index (χ0v) is 17.3. The Morgan fingerprint density at radius 2 is 1.93 bits per heavy atom. The van der Waals surface area contributed by atoms with Crippen LogP contribution in [0.3, 0.4) is 0 Å². The molecule has 0 radical (unpaired) electrons. The molecular formula is C19H15F3N4S3. The Morgan fingerprint density at radius 3 is 2.66 bits per heavy atom. The van der Waals surface area contributed by atoms with Crippen molar-refractivity contribution in [3.63, 3.8) is 0 Å². The molecule has 29 heavy (non-hydrogen) atoms. The molecule has 3 N–H and O–H groups in total. The number of aromatic nitrogens is 1. The Hall–Kier alpha value is -2.30. The maximum absolute atomic E-state index is 12.8. The number of hydrogen-bond donors (Lipinski definition) is 2. The second kappa shape index (κ2) is 9.47. The van der Waals surface area contributed by atoms with Gasteiger partial charge in [-0.15, -0.1) is 23.1 Å². The third-order valence-electron chi connectivity index (χ3n) is 3.60. The SMILES string of the molecule is N=C(SC(N)=Nc1cccc(C(F)(F)F)c1)c1sccc1SCc1ccncc1. The highest BCUT2D eigenvalue weighted by Crippen LogP contribution is 2.34. The lowest BCUT2D eigenvalue weighted by Gasteiger charge is -2.08. The third-order valence-corrected chi connectivity index (χ3v) is 6.63. The monoisotopic (exact) mass is 452 g/mol. The summed E-state index contributed by atoms with van der Waals surface area (Å²) < 4.78 is 38.5. The van der Waals surface area contributed by atoms with Crippen molar-refractivity contribution in [1.29, 1.82) is 5.41 Å². The number of halogens is 3. The maximum atomic E-state index is 12.8. The van der Waals surface area contributed by atoms with Crippen molar-refractivity contribution in [3.8, 4) is 0 Å². The van der Waals surface area contributed by atoms with Gasteiger partial charge >= 0.3 is 6.18 Å². The number of amidine groups is 1. The van der Waals surface area contributed by atoms with E-state index in [0.29, 0.717) is 0 Å². The zero-order chi connectivity index (χ0) is 20.9. The van der Waals surface area contributed by atoms with Crippen molar-refractivity contribution in [3.05, 3.63) is 76.2 Å². The number of nitrogens with zero attached hydrogens (tertiary/aromatic N) is 2. The van der Waals surface area contributed by atoms with Gasteiger partial charge < -0.3 is 5.73 Å². The van der Waals surface area contributed by atoms with Crippen LogP contribution in [-0.4, -0.2) is 15.2 Å². The number of alkyl halides is 3. The number of thiophene rings is 1. The first kappa shape index (κ1) is 21.4. The van der Waals surface area contributed by atoms with Gasteiger partial charge in [0.05, 0.1) is 16.1 Å². The van der Waals surface area contributed by atoms with Crippen LogP contribution in [0.1, 0.15) is 16.0 Å². The zero-order valence-electron chi connectivity index (χ0n) is 14.8. The summed E-state index contributed by atoms with van der Waals surface area (Å²) >= 11 is 3.92. The highest BCUT2D eigenvalue weighted by Gasteiger charge is 2.30. The van der Waals surface area contributed by atoms with E-state index in [1.54, 1.807) is 24.2 Å². The van der Waals surface area contributed by atoms with Gasteiger partial charge in [0.15, 0.2) is 5.17 Å². The minimum Gasteiger partial charge on any atom is -0.378 e. The Balaban J connectivity index is 1.67. The number of aliphatic imine (C=N–C) groups is 1. The van der Waals surface area contributed by atoms with Gasteiger partial charge in [-0.2, -0.15) is 13.2 Å². The molecule has 0 saturated carbocycles. The van der Waals surface area contributed by atoms with Gasteiger partial charge in [0.25, 0.3) is 0 Å². The van der Waals surface area contributed by atoms with Crippen LogP contribution in [0.5, 0.6) is 0 Å². The molecule has 0 saturated heterocycles. The quantitative estimate of drug-likeness (QED) is 0.276. The number of benzene rings is 1. The molecule has 2 heterocycles. The number of hydrogen-bond acceptors (Lipinski definition) is 6. The Bertz CT molecular complexity index is 1020. The topological polar surface area (TPSA) is 75.1 Å². The van der Waals surface area contributed by atoms with E-state index in [9.17, 15) is 13.2 Å². The number of pyridine rings is 1. The smallest absolute Gasteiger partial charge is 0.378 e. The van der Waals surface area contributed by atoms with Crippen molar-refractivity contribution in [1.82, 2.24) is 4.98 Å². The van der Waals surface area contributed by atoms with Crippen LogP contribution in [0.4, 0.5) is 18.9 Å². The number of nitrogens with one attached hydrogen (secondary N) is 1. The first-order valence-corrected chi connectivity index (χ1v) is 10.9. The molecule has 3 aromatic rings. The lowest BCUT2D eigenvalue weighted by molar-refractivity contribution is -0.137. The molecular weight excluding hydrogens is 437 g/mol. The molecule has 0 aliphatic rings. The lowest BCUT2D eigenvalue weighted by atomic mass is 10.2. The normalized spacial score (nSPS) is 12.2. The van der Waals surface area contributed by atoms with Crippen LogP contribution in [0, 0.1) is 5.41 Å². The summed E-state index contributed by atoms with van der Waals surface area (Å²) in [4.78, 5) is 9.69. The highest BCUT2D eigenvalue weighted by molar-refractivity contribution is 8.27. The molecule has 0 aliphatic carbocycles. The summed E-state index contributed by atoms with van der Waals surface area (Å²) in [6.07, 6.45) is -0.988. The fraction of sp³-hybridized carbons (Fsp3) is 0.105. The Kier molecular flexibility index (Phi) is 6.99. The number of nitrogens with two attached hydrogens (primary N) is 1. The summed E-state index contributed by atoms with van der Waals surface area (Å²) in [5, 5.41) is 10.4. The van der Waals surface area contributed by atoms with E-state index in [4.69, 9.17) is 11.1 Å². The van der Waals surface area contributed by atoms with Gasteiger partial charge in [-0.3, -0.25) is 10.4 Å².